The van der Waals surface area contributed by atoms with Crippen LogP contribution in [0.1, 0.15) is 49.1 Å². The zero-order chi connectivity index (χ0) is 19.4. The molecule has 27 heavy (non-hydrogen) atoms. The van der Waals surface area contributed by atoms with Gasteiger partial charge in [-0.2, -0.15) is 22.0 Å². The zero-order valence-electron chi connectivity index (χ0n) is 14.8. The average Bonchev–Trinajstić information content (AvgIpc) is 2.94. The lowest BCUT2D eigenvalue weighted by Gasteiger charge is -2.44. The van der Waals surface area contributed by atoms with Crippen LogP contribution in [0.4, 0.5) is 0 Å². The van der Waals surface area contributed by atoms with E-state index in [9.17, 15) is 16.8 Å². The second-order valence-corrected chi connectivity index (χ2v) is 10.2. The molecular weight excluding hydrogens is 392 g/mol. The fraction of sp³-hybridized carbons (Fsp3) is 0.647. The molecule has 0 aromatic heterocycles. The molecule has 0 heterocycles. The Bertz CT molecular complexity index is 946. The van der Waals surface area contributed by atoms with Crippen molar-refractivity contribution >= 4 is 20.6 Å². The molecule has 2 fully saturated rings. The van der Waals surface area contributed by atoms with Crippen LogP contribution in [0.5, 0.6) is 5.75 Å². The van der Waals surface area contributed by atoms with E-state index >= 15 is 0 Å². The van der Waals surface area contributed by atoms with Gasteiger partial charge in [0.2, 0.25) is 0 Å². The van der Waals surface area contributed by atoms with Gasteiger partial charge in [-0.05, 0) is 85.5 Å². The van der Waals surface area contributed by atoms with Gasteiger partial charge >= 0.3 is 20.6 Å². The standard InChI is InChI=1S/C17H24N2O6S2/c18-26(20,21)24-11-2-4-12-10(9-11)1-3-14-13(12)5-6-16-15(14)7-8-17(16)25-27(19,22)23/h2,4,9,13-17H,1,3,5-8H2,(H2,18,20,21)(H2,19,22,23)/t13-,14-,15+,16+,17+/m1/s1. The number of aryl methyl sites for hydroxylation is 1. The summed E-state index contributed by atoms with van der Waals surface area (Å²) in [4.78, 5) is 0. The van der Waals surface area contributed by atoms with Crippen molar-refractivity contribution in [1.82, 2.24) is 0 Å². The summed E-state index contributed by atoms with van der Waals surface area (Å²) >= 11 is 0. The molecule has 3 aliphatic carbocycles. The first-order chi connectivity index (χ1) is 12.6. The molecular formula is C17H24N2O6S2. The molecule has 0 spiro atoms. The maximum absolute atomic E-state index is 11.3. The highest BCUT2D eigenvalue weighted by Gasteiger charge is 2.49. The number of fused-ring (bicyclic) bond motifs is 5. The molecule has 0 bridgehead atoms. The number of benzene rings is 1. The van der Waals surface area contributed by atoms with Crippen LogP contribution < -0.4 is 14.5 Å². The minimum Gasteiger partial charge on any atom is -0.371 e. The van der Waals surface area contributed by atoms with E-state index in [1.807, 2.05) is 6.07 Å². The van der Waals surface area contributed by atoms with Gasteiger partial charge in [-0.3, -0.25) is 4.18 Å². The molecule has 2 saturated carbocycles. The summed E-state index contributed by atoms with van der Waals surface area (Å²) in [5.74, 6) is 1.79. The molecule has 8 nitrogen and oxygen atoms in total. The lowest BCUT2D eigenvalue weighted by Crippen LogP contribution is -2.38. The van der Waals surface area contributed by atoms with Crippen LogP contribution in [0.2, 0.25) is 0 Å². The summed E-state index contributed by atoms with van der Waals surface area (Å²) < 4.78 is 54.9. The SMILES string of the molecule is NS(=O)(=O)Oc1ccc2c(c1)CC[C@H]1[C@@H]3CC[C@H](OS(N)(=O)=O)[C@H]3CC[C@H]21. The summed E-state index contributed by atoms with van der Waals surface area (Å²) in [5.41, 5.74) is 2.34. The Hall–Kier alpha value is -1.20. The van der Waals surface area contributed by atoms with Gasteiger partial charge in [-0.1, -0.05) is 6.07 Å². The molecule has 0 aliphatic heterocycles. The lowest BCUT2D eigenvalue weighted by molar-refractivity contribution is 0.0736. The lowest BCUT2D eigenvalue weighted by atomic mass is 9.61. The number of nitrogens with two attached hydrogens (primary N) is 2. The third kappa shape index (κ3) is 4.00. The summed E-state index contributed by atoms with van der Waals surface area (Å²) in [6.45, 7) is 0. The Balaban J connectivity index is 1.54. The molecule has 0 amide bonds. The topological polar surface area (TPSA) is 139 Å². The molecule has 0 radical (unpaired) electrons. The second kappa shape index (κ2) is 6.70. The molecule has 10 heteroatoms. The van der Waals surface area contributed by atoms with Gasteiger partial charge in [0.05, 0.1) is 6.10 Å². The van der Waals surface area contributed by atoms with E-state index in [0.29, 0.717) is 17.8 Å². The molecule has 4 N–H and O–H groups in total. The maximum atomic E-state index is 11.3. The van der Waals surface area contributed by atoms with Gasteiger partial charge in [0, 0.05) is 0 Å². The van der Waals surface area contributed by atoms with Crippen LogP contribution in [0, 0.1) is 17.8 Å². The first-order valence-corrected chi connectivity index (χ1v) is 12.1. The van der Waals surface area contributed by atoms with Crippen LogP contribution in [-0.2, 0) is 31.2 Å². The Kier molecular flexibility index (Phi) is 4.75. The van der Waals surface area contributed by atoms with Crippen molar-refractivity contribution in [1.29, 1.82) is 0 Å². The van der Waals surface area contributed by atoms with Crippen LogP contribution >= 0.6 is 0 Å². The minimum absolute atomic E-state index is 0.233. The molecule has 3 aliphatic rings. The molecule has 150 valence electrons. The Morgan fingerprint density at radius 1 is 0.852 bits per heavy atom. The number of hydrogen-bond acceptors (Lipinski definition) is 6. The van der Waals surface area contributed by atoms with Crippen molar-refractivity contribution in [2.24, 2.45) is 28.0 Å². The first kappa shape index (κ1) is 19.1. The predicted molar refractivity (Wildman–Crippen MR) is 98.2 cm³/mol. The summed E-state index contributed by atoms with van der Waals surface area (Å²) in [6, 6.07) is 5.36. The normalized spacial score (nSPS) is 33.0. The van der Waals surface area contributed by atoms with Gasteiger partial charge < -0.3 is 4.18 Å². The van der Waals surface area contributed by atoms with Crippen molar-refractivity contribution in [2.75, 3.05) is 0 Å². The van der Waals surface area contributed by atoms with E-state index in [1.165, 1.54) is 5.56 Å². The van der Waals surface area contributed by atoms with Gasteiger partial charge in [-0.25, -0.2) is 5.14 Å². The van der Waals surface area contributed by atoms with Crippen molar-refractivity contribution in [3.8, 4) is 5.75 Å². The highest BCUT2D eigenvalue weighted by atomic mass is 32.2. The van der Waals surface area contributed by atoms with E-state index in [0.717, 1.165) is 44.1 Å². The van der Waals surface area contributed by atoms with Gasteiger partial charge in [0.15, 0.2) is 0 Å². The maximum Gasteiger partial charge on any atom is 0.380 e. The Morgan fingerprint density at radius 3 is 2.30 bits per heavy atom. The van der Waals surface area contributed by atoms with E-state index in [1.54, 1.807) is 12.1 Å². The first-order valence-electron chi connectivity index (χ1n) is 9.17. The van der Waals surface area contributed by atoms with Crippen molar-refractivity contribution in [3.05, 3.63) is 29.3 Å². The van der Waals surface area contributed by atoms with E-state index < -0.39 is 20.6 Å². The monoisotopic (exact) mass is 416 g/mol. The Morgan fingerprint density at radius 2 is 1.59 bits per heavy atom. The summed E-state index contributed by atoms with van der Waals surface area (Å²) in [7, 11) is -7.96. The third-order valence-corrected chi connectivity index (χ3v) is 7.36. The molecule has 0 saturated heterocycles. The molecule has 4 rings (SSSR count). The van der Waals surface area contributed by atoms with Crippen molar-refractivity contribution in [2.45, 2.75) is 50.5 Å². The number of hydrogen-bond donors (Lipinski definition) is 2. The van der Waals surface area contributed by atoms with E-state index in [2.05, 4.69) is 0 Å². The molecule has 5 atom stereocenters. The van der Waals surface area contributed by atoms with Crippen LogP contribution in [0.15, 0.2) is 18.2 Å². The van der Waals surface area contributed by atoms with Gasteiger partial charge in [-0.15, -0.1) is 0 Å². The highest BCUT2D eigenvalue weighted by molar-refractivity contribution is 7.84. The fourth-order valence-electron chi connectivity index (χ4n) is 5.64. The van der Waals surface area contributed by atoms with E-state index in [4.69, 9.17) is 18.6 Å². The quantitative estimate of drug-likeness (QED) is 0.759. The second-order valence-electron chi connectivity index (χ2n) is 7.86. The summed E-state index contributed by atoms with van der Waals surface area (Å²) in [5, 5.41) is 10.0. The molecule has 0 unspecified atom stereocenters. The minimum atomic E-state index is -4.03. The fourth-order valence-corrected chi connectivity index (χ4v) is 6.59. The largest absolute Gasteiger partial charge is 0.380 e. The average molecular weight is 417 g/mol. The van der Waals surface area contributed by atoms with Gasteiger partial charge in [0.25, 0.3) is 0 Å². The molecule has 1 aromatic carbocycles. The third-order valence-electron chi connectivity index (χ3n) is 6.42. The highest BCUT2D eigenvalue weighted by Crippen LogP contribution is 2.55. The van der Waals surface area contributed by atoms with Crippen LogP contribution in [0.3, 0.4) is 0 Å². The summed E-state index contributed by atoms with van der Waals surface area (Å²) in [6.07, 6.45) is 5.05. The Labute approximate surface area is 159 Å². The van der Waals surface area contributed by atoms with Crippen LogP contribution in [-0.4, -0.2) is 22.9 Å². The van der Waals surface area contributed by atoms with Crippen molar-refractivity contribution in [3.63, 3.8) is 0 Å². The van der Waals surface area contributed by atoms with Gasteiger partial charge in [0.1, 0.15) is 5.75 Å². The predicted octanol–water partition coefficient (Wildman–Crippen LogP) is 1.32. The van der Waals surface area contributed by atoms with Crippen LogP contribution in [0.25, 0.3) is 0 Å². The smallest absolute Gasteiger partial charge is 0.371 e. The molecule has 1 aromatic rings. The van der Waals surface area contributed by atoms with Crippen molar-refractivity contribution < 1.29 is 25.2 Å². The van der Waals surface area contributed by atoms with E-state index in [-0.39, 0.29) is 17.8 Å². The number of rotatable bonds is 4. The zero-order valence-corrected chi connectivity index (χ0v) is 16.4.